The molecule has 0 aliphatic heterocycles. The summed E-state index contributed by atoms with van der Waals surface area (Å²) in [4.78, 5) is 2.79. The molecule has 1 atom stereocenters. The second kappa shape index (κ2) is 6.36. The zero-order valence-electron chi connectivity index (χ0n) is 12.3. The van der Waals surface area contributed by atoms with E-state index in [1.54, 1.807) is 0 Å². The van der Waals surface area contributed by atoms with Crippen LogP contribution in [0, 0.1) is 13.8 Å². The van der Waals surface area contributed by atoms with E-state index in [9.17, 15) is 0 Å². The highest BCUT2D eigenvalue weighted by atomic mass is 32.1. The molecule has 2 rings (SSSR count). The van der Waals surface area contributed by atoms with Crippen molar-refractivity contribution in [1.29, 1.82) is 0 Å². The summed E-state index contributed by atoms with van der Waals surface area (Å²) >= 11 is 1.90. The van der Waals surface area contributed by atoms with Crippen LogP contribution in [0.1, 0.15) is 42.3 Å². The fourth-order valence-electron chi connectivity index (χ4n) is 2.32. The van der Waals surface area contributed by atoms with E-state index in [1.807, 2.05) is 11.3 Å². The van der Waals surface area contributed by atoms with Gasteiger partial charge in [-0.05, 0) is 51.4 Å². The van der Waals surface area contributed by atoms with Crippen molar-refractivity contribution in [3.8, 4) is 10.4 Å². The summed E-state index contributed by atoms with van der Waals surface area (Å²) in [6.07, 6.45) is 1.18. The fraction of sp³-hybridized carbons (Fsp3) is 0.412. The van der Waals surface area contributed by atoms with Crippen LogP contribution in [0.2, 0.25) is 0 Å². The minimum absolute atomic E-state index is 0.449. The van der Waals surface area contributed by atoms with Gasteiger partial charge in [0.25, 0.3) is 0 Å². The van der Waals surface area contributed by atoms with Crippen molar-refractivity contribution in [3.63, 3.8) is 0 Å². The molecule has 0 saturated heterocycles. The van der Waals surface area contributed by atoms with Gasteiger partial charge < -0.3 is 5.32 Å². The number of thiophene rings is 1. The minimum atomic E-state index is 0.449. The summed E-state index contributed by atoms with van der Waals surface area (Å²) in [5, 5.41) is 3.55. The van der Waals surface area contributed by atoms with Crippen LogP contribution >= 0.6 is 11.3 Å². The first-order valence-electron chi connectivity index (χ1n) is 7.02. The molecule has 1 aromatic heterocycles. The lowest BCUT2D eigenvalue weighted by Crippen LogP contribution is -2.18. The third-order valence-corrected chi connectivity index (χ3v) is 4.58. The molecule has 0 aliphatic rings. The monoisotopic (exact) mass is 273 g/mol. The van der Waals surface area contributed by atoms with Crippen LogP contribution in [0.3, 0.4) is 0 Å². The van der Waals surface area contributed by atoms with Crippen LogP contribution in [-0.4, -0.2) is 6.54 Å². The molecule has 0 spiro atoms. The first-order chi connectivity index (χ1) is 9.10. The first-order valence-corrected chi connectivity index (χ1v) is 7.83. The molecule has 1 N–H and O–H groups in total. The Labute approximate surface area is 120 Å². The second-order valence-electron chi connectivity index (χ2n) is 5.25. The number of aryl methyl sites for hydroxylation is 2. The van der Waals surface area contributed by atoms with E-state index in [-0.39, 0.29) is 0 Å². The molecule has 1 heterocycles. The van der Waals surface area contributed by atoms with Crippen molar-refractivity contribution in [2.45, 2.75) is 40.2 Å². The lowest BCUT2D eigenvalue weighted by atomic mass is 10.1. The molecule has 1 nitrogen and oxygen atoms in total. The van der Waals surface area contributed by atoms with Gasteiger partial charge in [0.15, 0.2) is 0 Å². The predicted octanol–water partition coefficient (Wildman–Crippen LogP) is 5.09. The van der Waals surface area contributed by atoms with E-state index in [0.717, 1.165) is 6.54 Å². The van der Waals surface area contributed by atoms with E-state index in [2.05, 4.69) is 63.3 Å². The highest BCUT2D eigenvalue weighted by molar-refractivity contribution is 7.15. The second-order valence-corrected chi connectivity index (χ2v) is 6.37. The topological polar surface area (TPSA) is 12.0 Å². The van der Waals surface area contributed by atoms with Crippen LogP contribution in [0.15, 0.2) is 30.3 Å². The third kappa shape index (κ3) is 3.68. The van der Waals surface area contributed by atoms with Crippen molar-refractivity contribution < 1.29 is 0 Å². The number of nitrogens with one attached hydrogen (secondary N) is 1. The zero-order valence-corrected chi connectivity index (χ0v) is 13.1. The molecule has 0 saturated carbocycles. The van der Waals surface area contributed by atoms with E-state index in [0.29, 0.717) is 6.04 Å². The normalized spacial score (nSPS) is 12.6. The number of hydrogen-bond acceptors (Lipinski definition) is 2. The quantitative estimate of drug-likeness (QED) is 0.800. The molecule has 2 aromatic rings. The molecule has 19 heavy (non-hydrogen) atoms. The Morgan fingerprint density at radius 2 is 1.79 bits per heavy atom. The highest BCUT2D eigenvalue weighted by Gasteiger charge is 2.09. The van der Waals surface area contributed by atoms with Gasteiger partial charge in [-0.15, -0.1) is 11.3 Å². The fourth-order valence-corrected chi connectivity index (χ4v) is 3.34. The highest BCUT2D eigenvalue weighted by Crippen LogP contribution is 2.32. The minimum Gasteiger partial charge on any atom is -0.309 e. The van der Waals surface area contributed by atoms with E-state index in [1.165, 1.54) is 32.9 Å². The Bertz CT molecular complexity index is 522. The number of hydrogen-bond donors (Lipinski definition) is 1. The summed E-state index contributed by atoms with van der Waals surface area (Å²) in [5.41, 5.74) is 4.01. The molecule has 0 aliphatic carbocycles. The number of benzene rings is 1. The summed E-state index contributed by atoms with van der Waals surface area (Å²) < 4.78 is 0. The van der Waals surface area contributed by atoms with Crippen molar-refractivity contribution in [1.82, 2.24) is 5.32 Å². The van der Waals surface area contributed by atoms with Crippen LogP contribution < -0.4 is 5.32 Å². The Kier molecular flexibility index (Phi) is 4.78. The molecule has 102 valence electrons. The maximum atomic E-state index is 3.55. The van der Waals surface area contributed by atoms with Crippen molar-refractivity contribution in [2.75, 3.05) is 6.54 Å². The molecule has 0 amide bonds. The average molecular weight is 273 g/mol. The van der Waals surface area contributed by atoms with Gasteiger partial charge in [0, 0.05) is 15.8 Å². The summed E-state index contributed by atoms with van der Waals surface area (Å²) in [6, 6.07) is 11.7. The molecule has 2 heteroatoms. The lowest BCUT2D eigenvalue weighted by Gasteiger charge is -2.10. The van der Waals surface area contributed by atoms with Gasteiger partial charge in [-0.3, -0.25) is 0 Å². The van der Waals surface area contributed by atoms with Crippen molar-refractivity contribution in [2.24, 2.45) is 0 Å². The van der Waals surface area contributed by atoms with Gasteiger partial charge in [-0.1, -0.05) is 36.2 Å². The zero-order chi connectivity index (χ0) is 13.8. The average Bonchev–Trinajstić information content (AvgIpc) is 2.84. The SMILES string of the molecule is CCCNC(C)c1ccc(-c2cc(C)cc(C)c2)s1. The molecule has 1 aromatic carbocycles. The Morgan fingerprint density at radius 1 is 1.11 bits per heavy atom. The molecule has 1 unspecified atom stereocenters. The smallest absolute Gasteiger partial charge is 0.0386 e. The third-order valence-electron chi connectivity index (χ3n) is 3.26. The van der Waals surface area contributed by atoms with E-state index < -0.39 is 0 Å². The van der Waals surface area contributed by atoms with Gasteiger partial charge in [-0.2, -0.15) is 0 Å². The first kappa shape index (κ1) is 14.3. The Morgan fingerprint density at radius 3 is 2.42 bits per heavy atom. The van der Waals surface area contributed by atoms with Crippen molar-refractivity contribution >= 4 is 11.3 Å². The van der Waals surface area contributed by atoms with Crippen LogP contribution in [0.25, 0.3) is 10.4 Å². The van der Waals surface area contributed by atoms with Crippen LogP contribution in [-0.2, 0) is 0 Å². The molecule has 0 radical (unpaired) electrons. The summed E-state index contributed by atoms with van der Waals surface area (Å²) in [6.45, 7) is 9.85. The summed E-state index contributed by atoms with van der Waals surface area (Å²) in [5.74, 6) is 0. The van der Waals surface area contributed by atoms with Gasteiger partial charge in [-0.25, -0.2) is 0 Å². The molecular formula is C17H23NS. The standard InChI is InChI=1S/C17H23NS/c1-5-8-18-14(4)16-6-7-17(19-16)15-10-12(2)9-13(3)11-15/h6-7,9-11,14,18H,5,8H2,1-4H3. The molecule has 0 bridgehead atoms. The summed E-state index contributed by atoms with van der Waals surface area (Å²) in [7, 11) is 0. The largest absolute Gasteiger partial charge is 0.309 e. The van der Waals surface area contributed by atoms with Gasteiger partial charge in [0.2, 0.25) is 0 Å². The van der Waals surface area contributed by atoms with Crippen LogP contribution in [0.4, 0.5) is 0 Å². The maximum Gasteiger partial charge on any atom is 0.0386 e. The Balaban J connectivity index is 2.20. The van der Waals surface area contributed by atoms with Gasteiger partial charge in [0.05, 0.1) is 0 Å². The Hall–Kier alpha value is -1.12. The van der Waals surface area contributed by atoms with Crippen LogP contribution in [0.5, 0.6) is 0 Å². The van der Waals surface area contributed by atoms with Gasteiger partial charge in [0.1, 0.15) is 0 Å². The number of rotatable bonds is 5. The van der Waals surface area contributed by atoms with E-state index >= 15 is 0 Å². The predicted molar refractivity (Wildman–Crippen MR) is 85.9 cm³/mol. The molecular weight excluding hydrogens is 250 g/mol. The van der Waals surface area contributed by atoms with Crippen molar-refractivity contribution in [3.05, 3.63) is 46.3 Å². The molecule has 0 fully saturated rings. The maximum absolute atomic E-state index is 3.55. The van der Waals surface area contributed by atoms with E-state index in [4.69, 9.17) is 0 Å². The lowest BCUT2D eigenvalue weighted by molar-refractivity contribution is 0.578. The van der Waals surface area contributed by atoms with Gasteiger partial charge >= 0.3 is 0 Å².